The fourth-order valence-corrected chi connectivity index (χ4v) is 1.44. The van der Waals surface area contributed by atoms with Gasteiger partial charge in [-0.3, -0.25) is 0 Å². The maximum absolute atomic E-state index is 10.4. The summed E-state index contributed by atoms with van der Waals surface area (Å²) in [5, 5.41) is 0. The van der Waals surface area contributed by atoms with E-state index in [-0.39, 0.29) is 11.4 Å². The average Bonchev–Trinajstić information content (AvgIpc) is 2.12. The smallest absolute Gasteiger partial charge is 0.165 e. The molecule has 0 aliphatic carbocycles. The Bertz CT molecular complexity index is 381. The summed E-state index contributed by atoms with van der Waals surface area (Å²) in [6.07, 6.45) is 0. The van der Waals surface area contributed by atoms with Crippen molar-refractivity contribution in [2.45, 2.75) is 13.8 Å². The van der Waals surface area contributed by atoms with Crippen molar-refractivity contribution in [3.8, 4) is 11.5 Å². The van der Waals surface area contributed by atoms with Crippen LogP contribution in [0.1, 0.15) is 12.5 Å². The van der Waals surface area contributed by atoms with E-state index in [2.05, 4.69) is 4.18 Å². The van der Waals surface area contributed by atoms with Crippen LogP contribution in [-0.4, -0.2) is 15.4 Å². The summed E-state index contributed by atoms with van der Waals surface area (Å²) in [5.74, 6) is 0.643. The van der Waals surface area contributed by atoms with E-state index in [0.29, 0.717) is 12.4 Å². The number of aryl methyl sites for hydroxylation is 1. The minimum absolute atomic E-state index is 0.0809. The fraction of sp³-hybridized carbons (Fsp3) is 0.333. The van der Waals surface area contributed by atoms with Crippen molar-refractivity contribution in [3.05, 3.63) is 17.7 Å². The van der Waals surface area contributed by atoms with Gasteiger partial charge in [0.1, 0.15) is 17.1 Å². The van der Waals surface area contributed by atoms with Gasteiger partial charge >= 0.3 is 0 Å². The minimum atomic E-state index is -2.63. The van der Waals surface area contributed by atoms with Gasteiger partial charge in [0.05, 0.1) is 12.3 Å². The molecule has 0 radical (unpaired) electrons. The Morgan fingerprint density at radius 1 is 1.47 bits per heavy atom. The van der Waals surface area contributed by atoms with Crippen molar-refractivity contribution >= 4 is 17.0 Å². The van der Waals surface area contributed by atoms with Crippen LogP contribution in [-0.2, 0) is 11.4 Å². The zero-order valence-corrected chi connectivity index (χ0v) is 9.30. The molecule has 1 unspecified atom stereocenters. The summed E-state index contributed by atoms with van der Waals surface area (Å²) in [7, 11) is 0. The highest BCUT2D eigenvalue weighted by atomic mass is 32.2. The number of hydrogen-bond acceptors (Lipinski definition) is 5. The molecule has 0 amide bonds. The third-order valence-corrected chi connectivity index (χ3v) is 2.08. The van der Waals surface area contributed by atoms with Gasteiger partial charge in [-0.25, -0.2) is 4.21 Å². The topological polar surface area (TPSA) is 84.6 Å². The van der Waals surface area contributed by atoms with Crippen LogP contribution in [0, 0.1) is 6.92 Å². The molecular formula is C9H12NO4S-. The minimum Gasteiger partial charge on any atom is -0.740 e. The molecule has 0 aromatic heterocycles. The molecule has 0 saturated heterocycles. The van der Waals surface area contributed by atoms with E-state index >= 15 is 0 Å². The molecule has 1 rings (SSSR count). The van der Waals surface area contributed by atoms with Gasteiger partial charge in [0, 0.05) is 6.07 Å². The van der Waals surface area contributed by atoms with E-state index in [0.717, 1.165) is 5.56 Å². The molecule has 2 N–H and O–H groups in total. The predicted molar refractivity (Wildman–Crippen MR) is 56.3 cm³/mol. The van der Waals surface area contributed by atoms with E-state index in [1.807, 2.05) is 13.8 Å². The summed E-state index contributed by atoms with van der Waals surface area (Å²) < 4.78 is 30.5. The summed E-state index contributed by atoms with van der Waals surface area (Å²) >= 11 is -2.63. The van der Waals surface area contributed by atoms with Gasteiger partial charge in [-0.05, 0) is 25.5 Å². The second-order valence-corrected chi connectivity index (χ2v) is 3.45. The largest absolute Gasteiger partial charge is 0.740 e. The molecule has 0 heterocycles. The van der Waals surface area contributed by atoms with Crippen LogP contribution in [0.25, 0.3) is 0 Å². The normalized spacial score (nSPS) is 12.2. The van der Waals surface area contributed by atoms with Crippen molar-refractivity contribution in [2.24, 2.45) is 0 Å². The van der Waals surface area contributed by atoms with E-state index < -0.39 is 11.4 Å². The number of ether oxygens (including phenoxy) is 1. The number of nitrogen functional groups attached to an aromatic ring is 1. The molecule has 0 fully saturated rings. The Balaban J connectivity index is 3.05. The molecule has 6 heteroatoms. The van der Waals surface area contributed by atoms with Crippen LogP contribution in [0.15, 0.2) is 12.1 Å². The fourth-order valence-electron chi connectivity index (χ4n) is 1.15. The molecule has 0 bridgehead atoms. The summed E-state index contributed by atoms with van der Waals surface area (Å²) in [6.45, 7) is 4.14. The number of anilines is 1. The van der Waals surface area contributed by atoms with Gasteiger partial charge < -0.3 is 19.2 Å². The van der Waals surface area contributed by atoms with Gasteiger partial charge in [-0.1, -0.05) is 0 Å². The second-order valence-electron chi connectivity index (χ2n) is 2.88. The first-order valence-electron chi connectivity index (χ1n) is 4.35. The van der Waals surface area contributed by atoms with Crippen LogP contribution in [0.3, 0.4) is 0 Å². The molecular weight excluding hydrogens is 218 g/mol. The highest BCUT2D eigenvalue weighted by molar-refractivity contribution is 7.74. The maximum Gasteiger partial charge on any atom is 0.165 e. The third kappa shape index (κ3) is 3.10. The van der Waals surface area contributed by atoms with Crippen molar-refractivity contribution in [2.75, 3.05) is 12.3 Å². The number of nitrogens with two attached hydrogens (primary N) is 1. The standard InChI is InChI=1S/C9H13NO4S/c1-3-13-8-5-9(14-15(11)12)7(10)4-6(8)2/h4-5H,3,10H2,1-2H3,(H,11,12)/p-1. The lowest BCUT2D eigenvalue weighted by atomic mass is 10.2. The molecule has 0 saturated carbocycles. The zero-order valence-electron chi connectivity index (χ0n) is 8.48. The van der Waals surface area contributed by atoms with Crippen LogP contribution >= 0.6 is 0 Å². The zero-order chi connectivity index (χ0) is 11.4. The Hall–Kier alpha value is -1.27. The Morgan fingerprint density at radius 2 is 2.13 bits per heavy atom. The first-order valence-corrected chi connectivity index (χ1v) is 5.35. The predicted octanol–water partition coefficient (Wildman–Crippen LogP) is 1.15. The monoisotopic (exact) mass is 230 g/mol. The van der Waals surface area contributed by atoms with Gasteiger partial charge in [0.2, 0.25) is 0 Å². The van der Waals surface area contributed by atoms with Gasteiger partial charge in [-0.2, -0.15) is 0 Å². The second kappa shape index (κ2) is 4.99. The average molecular weight is 230 g/mol. The lowest BCUT2D eigenvalue weighted by Crippen LogP contribution is -2.03. The molecule has 5 nitrogen and oxygen atoms in total. The molecule has 1 atom stereocenters. The molecule has 84 valence electrons. The van der Waals surface area contributed by atoms with Gasteiger partial charge in [0.15, 0.2) is 5.75 Å². The van der Waals surface area contributed by atoms with E-state index in [4.69, 9.17) is 10.5 Å². The van der Waals surface area contributed by atoms with Crippen molar-refractivity contribution in [1.82, 2.24) is 0 Å². The lowest BCUT2D eigenvalue weighted by molar-refractivity contribution is 0.336. The number of hydrogen-bond donors (Lipinski definition) is 1. The van der Waals surface area contributed by atoms with Gasteiger partial charge in [-0.15, -0.1) is 0 Å². The molecule has 0 aliphatic heterocycles. The third-order valence-electron chi connectivity index (χ3n) is 1.77. The van der Waals surface area contributed by atoms with Crippen LogP contribution in [0.2, 0.25) is 0 Å². The molecule has 0 spiro atoms. The maximum atomic E-state index is 10.4. The van der Waals surface area contributed by atoms with E-state index in [9.17, 15) is 8.76 Å². The first-order chi connectivity index (χ1) is 7.04. The van der Waals surface area contributed by atoms with E-state index in [1.54, 1.807) is 6.07 Å². The first kappa shape index (κ1) is 11.8. The Morgan fingerprint density at radius 3 is 2.67 bits per heavy atom. The summed E-state index contributed by atoms with van der Waals surface area (Å²) in [4.78, 5) is 0. The van der Waals surface area contributed by atoms with Crippen molar-refractivity contribution in [3.63, 3.8) is 0 Å². The summed E-state index contributed by atoms with van der Waals surface area (Å²) in [5.41, 5.74) is 6.68. The Labute approximate surface area is 90.7 Å². The highest BCUT2D eigenvalue weighted by Crippen LogP contribution is 2.31. The van der Waals surface area contributed by atoms with Crippen LogP contribution in [0.5, 0.6) is 11.5 Å². The molecule has 0 aliphatic rings. The lowest BCUT2D eigenvalue weighted by Gasteiger charge is -2.13. The SMILES string of the molecule is CCOc1cc(OS(=O)[O-])c(N)cc1C. The van der Waals surface area contributed by atoms with Gasteiger partial charge in [0.25, 0.3) is 0 Å². The Kier molecular flexibility index (Phi) is 3.93. The summed E-state index contributed by atoms with van der Waals surface area (Å²) in [6, 6.07) is 3.07. The number of rotatable bonds is 4. The molecule has 1 aromatic rings. The van der Waals surface area contributed by atoms with Crippen LogP contribution in [0.4, 0.5) is 5.69 Å². The van der Waals surface area contributed by atoms with Crippen molar-refractivity contribution in [1.29, 1.82) is 0 Å². The molecule has 15 heavy (non-hydrogen) atoms. The quantitative estimate of drug-likeness (QED) is 0.619. The number of benzene rings is 1. The highest BCUT2D eigenvalue weighted by Gasteiger charge is 2.07. The van der Waals surface area contributed by atoms with Crippen LogP contribution < -0.4 is 14.7 Å². The molecule has 1 aromatic carbocycles. The van der Waals surface area contributed by atoms with E-state index in [1.165, 1.54) is 6.07 Å². The van der Waals surface area contributed by atoms with Crippen molar-refractivity contribution < 1.29 is 17.7 Å².